The molecule has 0 unspecified atom stereocenters. The van der Waals surface area contributed by atoms with E-state index in [9.17, 15) is 0 Å². The third-order valence-electron chi connectivity index (χ3n) is 6.61. The van der Waals surface area contributed by atoms with Gasteiger partial charge in [-0.3, -0.25) is 4.98 Å². The van der Waals surface area contributed by atoms with Crippen molar-refractivity contribution in [3.8, 4) is 5.69 Å². The van der Waals surface area contributed by atoms with Gasteiger partial charge in [0.05, 0.1) is 17.8 Å². The maximum absolute atomic E-state index is 5.89. The summed E-state index contributed by atoms with van der Waals surface area (Å²) >= 11 is 9.46. The fourth-order valence-corrected chi connectivity index (χ4v) is 5.65. The zero-order valence-corrected chi connectivity index (χ0v) is 21.9. The maximum Gasteiger partial charge on any atom is 0.174 e. The summed E-state index contributed by atoms with van der Waals surface area (Å²) in [6.45, 7) is 6.61. The Morgan fingerprint density at radius 2 is 1.74 bits per heavy atom. The lowest BCUT2D eigenvalue weighted by Gasteiger charge is -2.28. The van der Waals surface area contributed by atoms with E-state index in [4.69, 9.17) is 17.2 Å². The van der Waals surface area contributed by atoms with Gasteiger partial charge in [0.15, 0.2) is 5.11 Å². The quantitative estimate of drug-likeness (QED) is 0.282. The van der Waals surface area contributed by atoms with E-state index in [1.807, 2.05) is 18.3 Å². The lowest BCUT2D eigenvalue weighted by Crippen LogP contribution is -2.29. The number of rotatable bonds is 5. The van der Waals surface area contributed by atoms with Crippen LogP contribution in [0.15, 0.2) is 83.5 Å². The van der Waals surface area contributed by atoms with Gasteiger partial charge in [0.25, 0.3) is 0 Å². The number of para-hydroxylation sites is 1. The number of hydrogen-bond acceptors (Lipinski definition) is 2. The highest BCUT2D eigenvalue weighted by Crippen LogP contribution is 2.44. The number of anilines is 1. The molecule has 34 heavy (non-hydrogen) atoms. The summed E-state index contributed by atoms with van der Waals surface area (Å²) in [4.78, 5) is 6.93. The summed E-state index contributed by atoms with van der Waals surface area (Å²) in [6, 6.07) is 25.3. The van der Waals surface area contributed by atoms with E-state index in [0.29, 0.717) is 5.11 Å². The molecule has 2 atom stereocenters. The van der Waals surface area contributed by atoms with Crippen LogP contribution in [-0.2, 0) is 6.42 Å². The highest BCUT2D eigenvalue weighted by molar-refractivity contribution is 9.10. The first-order chi connectivity index (χ1) is 16.5. The van der Waals surface area contributed by atoms with Crippen molar-refractivity contribution in [2.75, 3.05) is 4.90 Å². The molecule has 6 heteroatoms. The topological polar surface area (TPSA) is 33.1 Å². The van der Waals surface area contributed by atoms with Crippen LogP contribution in [0, 0.1) is 13.8 Å². The first-order valence-electron chi connectivity index (χ1n) is 11.5. The smallest absolute Gasteiger partial charge is 0.174 e. The minimum Gasteiger partial charge on any atom is -0.351 e. The SMILES string of the molecule is CCc1ccccc1-n1c(C)cc([C@H]2[C@H](c3ccccn3)NC(=S)N2c2ccc(Br)cc2)c1C. The molecule has 1 aliphatic rings. The van der Waals surface area contributed by atoms with Gasteiger partial charge in [-0.1, -0.05) is 47.1 Å². The summed E-state index contributed by atoms with van der Waals surface area (Å²) in [5, 5.41) is 4.28. The molecule has 3 heterocycles. The number of halogens is 1. The molecule has 0 saturated carbocycles. The summed E-state index contributed by atoms with van der Waals surface area (Å²) < 4.78 is 3.42. The van der Waals surface area contributed by atoms with Crippen molar-refractivity contribution in [3.63, 3.8) is 0 Å². The predicted molar refractivity (Wildman–Crippen MR) is 147 cm³/mol. The number of nitrogens with zero attached hydrogens (tertiary/aromatic N) is 3. The zero-order valence-electron chi connectivity index (χ0n) is 19.5. The standard InChI is InChI=1S/C28H27BrN4S/c1-4-20-9-5-6-11-25(20)32-18(2)17-23(19(32)3)27-26(24-10-7-8-16-30-24)31-28(34)33(27)22-14-12-21(29)13-15-22/h5-17,26-27H,4H2,1-3H3,(H,31,34)/t26-,27-/m0/s1. The van der Waals surface area contributed by atoms with Crippen molar-refractivity contribution in [3.05, 3.63) is 112 Å². The van der Waals surface area contributed by atoms with Gasteiger partial charge in [-0.05, 0) is 92.1 Å². The van der Waals surface area contributed by atoms with E-state index in [2.05, 4.69) is 112 Å². The molecule has 1 saturated heterocycles. The number of aromatic nitrogens is 2. The molecule has 2 aromatic carbocycles. The van der Waals surface area contributed by atoms with Gasteiger partial charge in [0.2, 0.25) is 0 Å². The van der Waals surface area contributed by atoms with Crippen molar-refractivity contribution in [1.29, 1.82) is 0 Å². The van der Waals surface area contributed by atoms with Gasteiger partial charge < -0.3 is 14.8 Å². The Kier molecular flexibility index (Phi) is 6.28. The van der Waals surface area contributed by atoms with Crippen LogP contribution in [-0.4, -0.2) is 14.7 Å². The highest BCUT2D eigenvalue weighted by Gasteiger charge is 2.42. The Labute approximate surface area is 214 Å². The van der Waals surface area contributed by atoms with Crippen molar-refractivity contribution in [2.24, 2.45) is 0 Å². The minimum atomic E-state index is -0.0623. The first-order valence-corrected chi connectivity index (χ1v) is 12.7. The van der Waals surface area contributed by atoms with Crippen molar-refractivity contribution < 1.29 is 0 Å². The Hall–Kier alpha value is -2.96. The molecule has 0 bridgehead atoms. The predicted octanol–water partition coefficient (Wildman–Crippen LogP) is 6.99. The third-order valence-corrected chi connectivity index (χ3v) is 7.45. The van der Waals surface area contributed by atoms with Crippen LogP contribution >= 0.6 is 28.1 Å². The fourth-order valence-electron chi connectivity index (χ4n) is 5.04. The molecule has 172 valence electrons. The van der Waals surface area contributed by atoms with Crippen LogP contribution in [0.3, 0.4) is 0 Å². The van der Waals surface area contributed by atoms with Gasteiger partial charge in [0.1, 0.15) is 0 Å². The molecule has 5 rings (SSSR count). The second kappa shape index (κ2) is 9.35. The van der Waals surface area contributed by atoms with Gasteiger partial charge in [0, 0.05) is 33.4 Å². The molecular weight excluding hydrogens is 504 g/mol. The average Bonchev–Trinajstić information content (AvgIpc) is 3.35. The van der Waals surface area contributed by atoms with E-state index < -0.39 is 0 Å². The largest absolute Gasteiger partial charge is 0.351 e. The molecule has 4 aromatic rings. The molecule has 1 aliphatic heterocycles. The van der Waals surface area contributed by atoms with E-state index in [1.54, 1.807) is 0 Å². The number of benzene rings is 2. The Morgan fingerprint density at radius 1 is 1.00 bits per heavy atom. The third kappa shape index (κ3) is 3.95. The Balaban J connectivity index is 1.69. The van der Waals surface area contributed by atoms with Crippen molar-refractivity contribution >= 4 is 38.9 Å². The molecule has 1 N–H and O–H groups in total. The number of hydrogen-bond donors (Lipinski definition) is 1. The number of thiocarbonyl (C=S) groups is 1. The lowest BCUT2D eigenvalue weighted by molar-refractivity contribution is 0.565. The maximum atomic E-state index is 5.89. The molecule has 4 nitrogen and oxygen atoms in total. The molecule has 0 spiro atoms. The van der Waals surface area contributed by atoms with E-state index in [0.717, 1.165) is 22.3 Å². The zero-order chi connectivity index (χ0) is 23.8. The van der Waals surface area contributed by atoms with Crippen LogP contribution in [0.25, 0.3) is 5.69 Å². The Bertz CT molecular complexity index is 1330. The molecule has 1 fully saturated rings. The second-order valence-electron chi connectivity index (χ2n) is 8.62. The van der Waals surface area contributed by atoms with E-state index in [-0.39, 0.29) is 12.1 Å². The lowest BCUT2D eigenvalue weighted by atomic mass is 9.96. The number of nitrogens with one attached hydrogen (secondary N) is 1. The molecular formula is C28H27BrN4S. The van der Waals surface area contributed by atoms with Crippen LogP contribution in [0.5, 0.6) is 0 Å². The molecule has 0 radical (unpaired) electrons. The normalized spacial score (nSPS) is 17.8. The van der Waals surface area contributed by atoms with Crippen LogP contribution in [0.4, 0.5) is 5.69 Å². The van der Waals surface area contributed by atoms with E-state index in [1.165, 1.54) is 28.2 Å². The van der Waals surface area contributed by atoms with Gasteiger partial charge in [-0.15, -0.1) is 0 Å². The average molecular weight is 532 g/mol. The van der Waals surface area contributed by atoms with Crippen LogP contribution in [0.2, 0.25) is 0 Å². The molecule has 0 aliphatic carbocycles. The summed E-state index contributed by atoms with van der Waals surface area (Å²) in [5.74, 6) is 0. The number of aryl methyl sites for hydroxylation is 2. The first kappa shape index (κ1) is 22.8. The van der Waals surface area contributed by atoms with Crippen molar-refractivity contribution in [1.82, 2.24) is 14.9 Å². The van der Waals surface area contributed by atoms with Crippen molar-refractivity contribution in [2.45, 2.75) is 39.3 Å². The second-order valence-corrected chi connectivity index (χ2v) is 9.92. The monoisotopic (exact) mass is 530 g/mol. The van der Waals surface area contributed by atoms with Crippen LogP contribution < -0.4 is 10.2 Å². The van der Waals surface area contributed by atoms with Crippen LogP contribution in [0.1, 0.15) is 47.2 Å². The van der Waals surface area contributed by atoms with Gasteiger partial charge >= 0.3 is 0 Å². The fraction of sp³-hybridized carbons (Fsp3) is 0.214. The summed E-state index contributed by atoms with van der Waals surface area (Å²) in [5.41, 5.74) is 8.29. The number of pyridine rings is 1. The minimum absolute atomic E-state index is 0.0303. The summed E-state index contributed by atoms with van der Waals surface area (Å²) in [7, 11) is 0. The Morgan fingerprint density at radius 3 is 2.44 bits per heavy atom. The van der Waals surface area contributed by atoms with Gasteiger partial charge in [-0.2, -0.15) is 0 Å². The molecule has 0 amide bonds. The highest BCUT2D eigenvalue weighted by atomic mass is 79.9. The van der Waals surface area contributed by atoms with Gasteiger partial charge in [-0.25, -0.2) is 0 Å². The summed E-state index contributed by atoms with van der Waals surface area (Å²) in [6.07, 6.45) is 2.83. The molecule has 2 aromatic heterocycles. The van der Waals surface area contributed by atoms with E-state index >= 15 is 0 Å².